The minimum atomic E-state index is -0.263. The third kappa shape index (κ3) is 1.07. The summed E-state index contributed by atoms with van der Waals surface area (Å²) in [6.07, 6.45) is 10.6. The summed E-state index contributed by atoms with van der Waals surface area (Å²) in [5.41, 5.74) is 1.08. The molecule has 0 saturated carbocycles. The average Bonchev–Trinajstić information content (AvgIpc) is 2.17. The highest BCUT2D eigenvalue weighted by atomic mass is 16.3. The summed E-state index contributed by atoms with van der Waals surface area (Å²) < 4.78 is 0. The molecule has 0 spiro atoms. The zero-order valence-electron chi connectivity index (χ0n) is 6.60. The molecule has 1 aliphatic heterocycles. The molecule has 3 nitrogen and oxygen atoms in total. The van der Waals surface area contributed by atoms with Gasteiger partial charge in [0.1, 0.15) is 6.04 Å². The quantitative estimate of drug-likeness (QED) is 0.469. The van der Waals surface area contributed by atoms with Crippen molar-refractivity contribution in [2.75, 3.05) is 0 Å². The van der Waals surface area contributed by atoms with Gasteiger partial charge in [-0.25, -0.2) is 0 Å². The molecule has 62 valence electrons. The summed E-state index contributed by atoms with van der Waals surface area (Å²) in [5, 5.41) is 6.24. The minimum absolute atomic E-state index is 0.263. The normalized spacial score (nSPS) is 31.8. The molecule has 0 bridgehead atoms. The Bertz CT molecular complexity index is 278. The Kier molecular flexibility index (Phi) is 1.78. The first-order valence-corrected chi connectivity index (χ1v) is 4.03. The predicted molar refractivity (Wildman–Crippen MR) is 47.5 cm³/mol. The van der Waals surface area contributed by atoms with E-state index in [4.69, 9.17) is 0 Å². The molecule has 12 heavy (non-hydrogen) atoms. The summed E-state index contributed by atoms with van der Waals surface area (Å²) in [7, 11) is 0. The topological polar surface area (TPSA) is 41.5 Å². The van der Waals surface area contributed by atoms with E-state index in [-0.39, 0.29) is 12.1 Å². The fourth-order valence-electron chi connectivity index (χ4n) is 1.60. The molecule has 2 aliphatic rings. The minimum Gasteiger partial charge on any atom is -0.384 e. The molecule has 2 unspecified atom stereocenters. The van der Waals surface area contributed by atoms with Gasteiger partial charge in [0, 0.05) is 0 Å². The van der Waals surface area contributed by atoms with E-state index in [9.17, 15) is 4.91 Å². The maximum atomic E-state index is 10.4. The molecule has 0 radical (unpaired) electrons. The van der Waals surface area contributed by atoms with E-state index in [1.54, 1.807) is 0 Å². The van der Waals surface area contributed by atoms with E-state index in [1.165, 1.54) is 0 Å². The van der Waals surface area contributed by atoms with E-state index in [1.807, 2.05) is 30.5 Å². The zero-order chi connectivity index (χ0) is 8.39. The molecule has 0 aromatic rings. The van der Waals surface area contributed by atoms with Crippen molar-refractivity contribution >= 4 is 0 Å². The molecule has 0 fully saturated rings. The van der Waals surface area contributed by atoms with Gasteiger partial charge in [-0.3, -0.25) is 0 Å². The van der Waals surface area contributed by atoms with Gasteiger partial charge in [-0.1, -0.05) is 23.4 Å². The fourth-order valence-corrected chi connectivity index (χ4v) is 1.60. The Hall–Kier alpha value is -1.38. The van der Waals surface area contributed by atoms with E-state index in [2.05, 4.69) is 10.5 Å². The Morgan fingerprint density at radius 3 is 3.33 bits per heavy atom. The number of nitrogens with zero attached hydrogens (tertiary/aromatic N) is 1. The highest BCUT2D eigenvalue weighted by Crippen LogP contribution is 2.23. The van der Waals surface area contributed by atoms with Crippen LogP contribution in [0, 0.1) is 4.91 Å². The highest BCUT2D eigenvalue weighted by Gasteiger charge is 2.24. The average molecular weight is 162 g/mol. The lowest BCUT2D eigenvalue weighted by molar-refractivity contribution is 0.610. The number of nitroso groups, excluding NO2 is 1. The highest BCUT2D eigenvalue weighted by molar-refractivity contribution is 5.34. The van der Waals surface area contributed by atoms with Crippen LogP contribution in [0.3, 0.4) is 0 Å². The number of rotatable bonds is 1. The van der Waals surface area contributed by atoms with Crippen LogP contribution < -0.4 is 5.32 Å². The van der Waals surface area contributed by atoms with Crippen molar-refractivity contribution in [2.24, 2.45) is 5.18 Å². The van der Waals surface area contributed by atoms with Gasteiger partial charge < -0.3 is 5.32 Å². The van der Waals surface area contributed by atoms with Crippen molar-refractivity contribution in [3.8, 4) is 0 Å². The Labute approximate surface area is 70.8 Å². The van der Waals surface area contributed by atoms with Crippen molar-refractivity contribution in [2.45, 2.75) is 18.5 Å². The summed E-state index contributed by atoms with van der Waals surface area (Å²) in [6, 6.07) is 0.0175. The standard InChI is InChI=1S/C9H10N2O/c12-11-9-5-1-4-8-7(9)3-2-6-10-8/h1-3,5-6,8-10H,4H2. The SMILES string of the molecule is O=NC1C=CCC2NC=CC=C12. The van der Waals surface area contributed by atoms with E-state index in [0.29, 0.717) is 0 Å². The van der Waals surface area contributed by atoms with E-state index in [0.717, 1.165) is 12.0 Å². The first-order chi connectivity index (χ1) is 5.92. The molecule has 2 rings (SSSR count). The maximum Gasteiger partial charge on any atom is 0.133 e. The van der Waals surface area contributed by atoms with Crippen LogP contribution in [0.2, 0.25) is 0 Å². The van der Waals surface area contributed by atoms with Gasteiger partial charge in [-0.15, -0.1) is 4.91 Å². The molecule has 2 atom stereocenters. The van der Waals surface area contributed by atoms with Gasteiger partial charge in [0.25, 0.3) is 0 Å². The van der Waals surface area contributed by atoms with Crippen molar-refractivity contribution in [3.05, 3.63) is 41.0 Å². The summed E-state index contributed by atoms with van der Waals surface area (Å²) in [6.45, 7) is 0. The summed E-state index contributed by atoms with van der Waals surface area (Å²) in [4.78, 5) is 10.4. The van der Waals surface area contributed by atoms with Crippen LogP contribution in [0.5, 0.6) is 0 Å². The molecule has 0 aromatic heterocycles. The molecular formula is C9H10N2O. The van der Waals surface area contributed by atoms with Crippen LogP contribution in [0.4, 0.5) is 0 Å². The third-order valence-corrected chi connectivity index (χ3v) is 2.23. The number of nitrogens with one attached hydrogen (secondary N) is 1. The monoisotopic (exact) mass is 162 g/mol. The van der Waals surface area contributed by atoms with E-state index >= 15 is 0 Å². The van der Waals surface area contributed by atoms with Crippen LogP contribution in [-0.2, 0) is 0 Å². The van der Waals surface area contributed by atoms with Gasteiger partial charge in [0.15, 0.2) is 0 Å². The Morgan fingerprint density at radius 1 is 1.58 bits per heavy atom. The second-order valence-electron chi connectivity index (χ2n) is 2.96. The maximum absolute atomic E-state index is 10.4. The Balaban J connectivity index is 2.31. The number of hydrogen-bond donors (Lipinski definition) is 1. The van der Waals surface area contributed by atoms with Crippen LogP contribution in [-0.4, -0.2) is 12.1 Å². The van der Waals surface area contributed by atoms with Crippen LogP contribution in [0.25, 0.3) is 0 Å². The summed E-state index contributed by atoms with van der Waals surface area (Å²) in [5.74, 6) is 0. The summed E-state index contributed by atoms with van der Waals surface area (Å²) >= 11 is 0. The third-order valence-electron chi connectivity index (χ3n) is 2.23. The second-order valence-corrected chi connectivity index (χ2v) is 2.96. The van der Waals surface area contributed by atoms with Gasteiger partial charge in [0.2, 0.25) is 0 Å². The van der Waals surface area contributed by atoms with Crippen molar-refractivity contribution in [3.63, 3.8) is 0 Å². The Morgan fingerprint density at radius 2 is 2.50 bits per heavy atom. The molecule has 1 aliphatic carbocycles. The zero-order valence-corrected chi connectivity index (χ0v) is 6.60. The molecule has 0 amide bonds. The molecule has 0 saturated heterocycles. The lowest BCUT2D eigenvalue weighted by Gasteiger charge is -2.27. The van der Waals surface area contributed by atoms with Gasteiger partial charge in [-0.05, 0) is 24.3 Å². The van der Waals surface area contributed by atoms with Gasteiger partial charge in [0.05, 0.1) is 6.04 Å². The fraction of sp³-hybridized carbons (Fsp3) is 0.333. The number of fused-ring (bicyclic) bond motifs is 1. The lowest BCUT2D eigenvalue weighted by atomic mass is 9.90. The van der Waals surface area contributed by atoms with Gasteiger partial charge in [-0.2, -0.15) is 0 Å². The number of allylic oxidation sites excluding steroid dienone is 2. The molecule has 3 heteroatoms. The van der Waals surface area contributed by atoms with Crippen LogP contribution in [0.15, 0.2) is 41.3 Å². The van der Waals surface area contributed by atoms with Crippen LogP contribution >= 0.6 is 0 Å². The lowest BCUT2D eigenvalue weighted by Crippen LogP contribution is -2.34. The smallest absolute Gasteiger partial charge is 0.133 e. The van der Waals surface area contributed by atoms with Crippen molar-refractivity contribution in [1.82, 2.24) is 5.32 Å². The largest absolute Gasteiger partial charge is 0.384 e. The first-order valence-electron chi connectivity index (χ1n) is 4.03. The molecule has 1 heterocycles. The molecular weight excluding hydrogens is 152 g/mol. The van der Waals surface area contributed by atoms with Gasteiger partial charge >= 0.3 is 0 Å². The molecule has 1 N–H and O–H groups in total. The first kappa shape index (κ1) is 7.28. The number of dihydropyridines is 1. The van der Waals surface area contributed by atoms with Crippen molar-refractivity contribution in [1.29, 1.82) is 0 Å². The van der Waals surface area contributed by atoms with Crippen molar-refractivity contribution < 1.29 is 0 Å². The van der Waals surface area contributed by atoms with Crippen LogP contribution in [0.1, 0.15) is 6.42 Å². The predicted octanol–water partition coefficient (Wildman–Crippen LogP) is 1.49. The number of hydrogen-bond acceptors (Lipinski definition) is 3. The molecule has 0 aromatic carbocycles. The van der Waals surface area contributed by atoms with E-state index < -0.39 is 0 Å². The second kappa shape index (κ2) is 2.93.